The smallest absolute Gasteiger partial charge is 0.263 e. The molecule has 1 aromatic rings. The van der Waals surface area contributed by atoms with Crippen molar-refractivity contribution in [3.63, 3.8) is 0 Å². The Labute approximate surface area is 150 Å². The van der Waals surface area contributed by atoms with E-state index in [4.69, 9.17) is 0 Å². The number of amidine groups is 1. The summed E-state index contributed by atoms with van der Waals surface area (Å²) in [5.74, 6) is 0.520. The zero-order chi connectivity index (χ0) is 18.3. The first-order valence-electron chi connectivity index (χ1n) is 8.90. The van der Waals surface area contributed by atoms with Gasteiger partial charge in [0.1, 0.15) is 5.84 Å². The summed E-state index contributed by atoms with van der Waals surface area (Å²) < 4.78 is 26.4. The Kier molecular flexibility index (Phi) is 6.99. The van der Waals surface area contributed by atoms with Crippen LogP contribution in [0.3, 0.4) is 0 Å². The minimum absolute atomic E-state index is 0.102. The van der Waals surface area contributed by atoms with Crippen molar-refractivity contribution in [2.75, 3.05) is 6.54 Å². The summed E-state index contributed by atoms with van der Waals surface area (Å²) in [6.07, 6.45) is 5.12. The number of unbranched alkanes of at least 4 members (excludes halogenated alkanes) is 2. The SMILES string of the molecule is CCC[C@H](C)NC(=O)CCCCCN=C1NS(=O)(=O)c2ccccc21. The number of fused-ring (bicyclic) bond motifs is 1. The third-order valence-electron chi connectivity index (χ3n) is 4.12. The van der Waals surface area contributed by atoms with E-state index < -0.39 is 10.0 Å². The summed E-state index contributed by atoms with van der Waals surface area (Å²) in [5.41, 5.74) is 0.631. The van der Waals surface area contributed by atoms with Gasteiger partial charge in [-0.1, -0.05) is 31.9 Å². The van der Waals surface area contributed by atoms with Crippen molar-refractivity contribution in [2.24, 2.45) is 4.99 Å². The third-order valence-corrected chi connectivity index (χ3v) is 5.52. The fourth-order valence-corrected chi connectivity index (χ4v) is 4.12. The minimum atomic E-state index is -3.46. The predicted molar refractivity (Wildman–Crippen MR) is 99.1 cm³/mol. The van der Waals surface area contributed by atoms with Gasteiger partial charge in [0.05, 0.1) is 4.90 Å². The average Bonchev–Trinajstić information content (AvgIpc) is 2.82. The highest BCUT2D eigenvalue weighted by molar-refractivity contribution is 7.90. The number of aliphatic imine (C=N–C) groups is 1. The molecule has 2 N–H and O–H groups in total. The number of rotatable bonds is 9. The summed E-state index contributed by atoms with van der Waals surface area (Å²) >= 11 is 0. The van der Waals surface area contributed by atoms with Crippen LogP contribution in [0.5, 0.6) is 0 Å². The summed E-state index contributed by atoms with van der Waals surface area (Å²) in [6, 6.07) is 7.08. The molecule has 2 rings (SSSR count). The van der Waals surface area contributed by atoms with Gasteiger partial charge in [0, 0.05) is 24.6 Å². The molecule has 138 valence electrons. The molecule has 0 fully saturated rings. The third kappa shape index (κ3) is 5.56. The Balaban J connectivity index is 1.72. The van der Waals surface area contributed by atoms with E-state index in [1.54, 1.807) is 24.3 Å². The van der Waals surface area contributed by atoms with Crippen LogP contribution in [0.2, 0.25) is 0 Å². The molecule has 0 aliphatic carbocycles. The standard InChI is InChI=1S/C18H27N3O3S/c1-3-9-14(2)20-17(22)12-5-4-8-13-19-18-15-10-6-7-11-16(15)25(23,24)21-18/h6-7,10-11,14H,3-5,8-9,12-13H2,1-2H3,(H,19,21)(H,20,22)/t14-/m0/s1. The van der Waals surface area contributed by atoms with Crippen molar-refractivity contribution in [2.45, 2.75) is 63.3 Å². The normalized spacial score (nSPS) is 17.8. The molecule has 7 heteroatoms. The van der Waals surface area contributed by atoms with Gasteiger partial charge in [0.15, 0.2) is 0 Å². The first-order chi connectivity index (χ1) is 11.9. The number of nitrogens with zero attached hydrogens (tertiary/aromatic N) is 1. The lowest BCUT2D eigenvalue weighted by molar-refractivity contribution is -0.121. The Morgan fingerprint density at radius 3 is 2.76 bits per heavy atom. The van der Waals surface area contributed by atoms with Gasteiger partial charge >= 0.3 is 0 Å². The second kappa shape index (κ2) is 8.99. The van der Waals surface area contributed by atoms with Crippen LogP contribution in [0.1, 0.15) is 57.9 Å². The summed E-state index contributed by atoms with van der Waals surface area (Å²) in [7, 11) is -3.46. The van der Waals surface area contributed by atoms with Gasteiger partial charge in [-0.2, -0.15) is 0 Å². The minimum Gasteiger partial charge on any atom is -0.354 e. The van der Waals surface area contributed by atoms with Crippen LogP contribution >= 0.6 is 0 Å². The summed E-state index contributed by atoms with van der Waals surface area (Å²) in [4.78, 5) is 16.4. The Hall–Kier alpha value is -1.89. The number of hydrogen-bond acceptors (Lipinski definition) is 4. The van der Waals surface area contributed by atoms with Crippen LogP contribution in [0.25, 0.3) is 0 Å². The zero-order valence-corrected chi connectivity index (χ0v) is 15.7. The quantitative estimate of drug-likeness (QED) is 0.659. The van der Waals surface area contributed by atoms with Crippen LogP contribution in [0.15, 0.2) is 34.2 Å². The molecule has 0 unspecified atom stereocenters. The summed E-state index contributed by atoms with van der Waals surface area (Å²) in [6.45, 7) is 4.67. The second-order valence-electron chi connectivity index (χ2n) is 6.40. The van der Waals surface area contributed by atoms with Gasteiger partial charge in [-0.3, -0.25) is 14.5 Å². The number of amides is 1. The number of nitrogens with one attached hydrogen (secondary N) is 2. The van der Waals surface area contributed by atoms with Gasteiger partial charge in [-0.25, -0.2) is 8.42 Å². The van der Waals surface area contributed by atoms with Crippen molar-refractivity contribution < 1.29 is 13.2 Å². The molecule has 0 aromatic heterocycles. The topological polar surface area (TPSA) is 87.6 Å². The Morgan fingerprint density at radius 1 is 1.24 bits per heavy atom. The molecule has 1 aliphatic rings. The van der Waals surface area contributed by atoms with Crippen LogP contribution in [-0.2, 0) is 14.8 Å². The number of carbonyl (C=O) groups excluding carboxylic acids is 1. The van der Waals surface area contributed by atoms with Crippen LogP contribution in [0.4, 0.5) is 0 Å². The lowest BCUT2D eigenvalue weighted by Gasteiger charge is -2.12. The second-order valence-corrected chi connectivity index (χ2v) is 8.05. The highest BCUT2D eigenvalue weighted by Crippen LogP contribution is 2.22. The maximum Gasteiger partial charge on any atom is 0.263 e. The van der Waals surface area contributed by atoms with E-state index in [0.717, 1.165) is 32.1 Å². The molecular formula is C18H27N3O3S. The highest BCUT2D eigenvalue weighted by Gasteiger charge is 2.29. The number of sulfonamides is 1. The van der Waals surface area contributed by atoms with E-state index in [1.165, 1.54) is 0 Å². The molecule has 0 spiro atoms. The fourth-order valence-electron chi connectivity index (χ4n) is 2.87. The molecule has 25 heavy (non-hydrogen) atoms. The van der Waals surface area contributed by atoms with Crippen LogP contribution in [-0.4, -0.2) is 32.7 Å². The van der Waals surface area contributed by atoms with E-state index in [-0.39, 0.29) is 16.8 Å². The van der Waals surface area contributed by atoms with Gasteiger partial charge in [0.2, 0.25) is 5.91 Å². The van der Waals surface area contributed by atoms with Gasteiger partial charge in [0.25, 0.3) is 10.0 Å². The van der Waals surface area contributed by atoms with E-state index in [0.29, 0.717) is 24.4 Å². The van der Waals surface area contributed by atoms with Crippen molar-refractivity contribution in [1.29, 1.82) is 0 Å². The number of hydrogen-bond donors (Lipinski definition) is 2. The Morgan fingerprint density at radius 2 is 2.00 bits per heavy atom. The molecule has 1 atom stereocenters. The van der Waals surface area contributed by atoms with Crippen molar-refractivity contribution in [3.8, 4) is 0 Å². The largest absolute Gasteiger partial charge is 0.354 e. The Bertz CT molecular complexity index is 729. The van der Waals surface area contributed by atoms with Crippen molar-refractivity contribution in [1.82, 2.24) is 10.0 Å². The first kappa shape index (κ1) is 19.4. The van der Waals surface area contributed by atoms with Gasteiger partial charge < -0.3 is 5.32 Å². The highest BCUT2D eigenvalue weighted by atomic mass is 32.2. The summed E-state index contributed by atoms with van der Waals surface area (Å²) in [5, 5.41) is 2.99. The van der Waals surface area contributed by atoms with Gasteiger partial charge in [-0.05, 0) is 38.3 Å². The maximum absolute atomic E-state index is 12.0. The van der Waals surface area contributed by atoms with Crippen molar-refractivity contribution in [3.05, 3.63) is 29.8 Å². The number of benzene rings is 1. The van der Waals surface area contributed by atoms with E-state index in [1.807, 2.05) is 6.92 Å². The van der Waals surface area contributed by atoms with Crippen LogP contribution < -0.4 is 10.0 Å². The van der Waals surface area contributed by atoms with E-state index in [9.17, 15) is 13.2 Å². The number of carbonyl (C=O) groups is 1. The molecule has 0 bridgehead atoms. The lowest BCUT2D eigenvalue weighted by Crippen LogP contribution is -2.32. The molecule has 0 saturated carbocycles. The van der Waals surface area contributed by atoms with Crippen LogP contribution in [0, 0.1) is 0 Å². The van der Waals surface area contributed by atoms with E-state index >= 15 is 0 Å². The molecule has 6 nitrogen and oxygen atoms in total. The molecular weight excluding hydrogens is 338 g/mol. The average molecular weight is 365 g/mol. The fraction of sp³-hybridized carbons (Fsp3) is 0.556. The monoisotopic (exact) mass is 365 g/mol. The van der Waals surface area contributed by atoms with E-state index in [2.05, 4.69) is 22.0 Å². The lowest BCUT2D eigenvalue weighted by atomic mass is 10.1. The molecule has 1 aliphatic heterocycles. The predicted octanol–water partition coefficient (Wildman–Crippen LogP) is 2.59. The van der Waals surface area contributed by atoms with Crippen molar-refractivity contribution >= 4 is 21.8 Å². The molecule has 1 aromatic carbocycles. The molecule has 0 saturated heterocycles. The first-order valence-corrected chi connectivity index (χ1v) is 10.4. The van der Waals surface area contributed by atoms with Gasteiger partial charge in [-0.15, -0.1) is 0 Å². The molecule has 1 amide bonds. The zero-order valence-electron chi connectivity index (χ0n) is 14.9. The maximum atomic E-state index is 12.0. The molecule has 1 heterocycles. The molecule has 0 radical (unpaired) electrons.